The maximum Gasteiger partial charge on any atom is 0.253 e. The highest BCUT2D eigenvalue weighted by Crippen LogP contribution is 2.27. The molecule has 1 saturated heterocycles. The summed E-state index contributed by atoms with van der Waals surface area (Å²) in [6.45, 7) is 5.65. The number of hydrogen-bond acceptors (Lipinski definition) is 5. The molecule has 2 heterocycles. The molecule has 0 unspecified atom stereocenters. The van der Waals surface area contributed by atoms with Crippen molar-refractivity contribution in [3.05, 3.63) is 70.0 Å². The summed E-state index contributed by atoms with van der Waals surface area (Å²) in [6, 6.07) is 15.7. The minimum Gasteiger partial charge on any atom is -0.419 e. The van der Waals surface area contributed by atoms with Gasteiger partial charge >= 0.3 is 0 Å². The second kappa shape index (κ2) is 8.88. The monoisotopic (exact) mass is 454 g/mol. The van der Waals surface area contributed by atoms with Gasteiger partial charge in [-0.2, -0.15) is 0 Å². The van der Waals surface area contributed by atoms with Crippen LogP contribution in [0.2, 0.25) is 0 Å². The number of aromatic nitrogens is 2. The van der Waals surface area contributed by atoms with Crippen molar-refractivity contribution in [1.29, 1.82) is 0 Å². The second-order valence-corrected chi connectivity index (χ2v) is 7.95. The van der Waals surface area contributed by atoms with Crippen molar-refractivity contribution in [1.82, 2.24) is 20.0 Å². The Morgan fingerprint density at radius 2 is 1.76 bits per heavy atom. The van der Waals surface area contributed by atoms with Crippen LogP contribution >= 0.6 is 15.9 Å². The first-order valence-electron chi connectivity index (χ1n) is 9.82. The third-order valence-corrected chi connectivity index (χ3v) is 5.89. The molecule has 150 valence electrons. The number of carbonyl (C=O) groups is 1. The highest BCUT2D eigenvalue weighted by molar-refractivity contribution is 9.10. The molecule has 3 aromatic rings. The zero-order valence-corrected chi connectivity index (χ0v) is 17.9. The van der Waals surface area contributed by atoms with Crippen LogP contribution in [0.5, 0.6) is 0 Å². The molecule has 0 aliphatic carbocycles. The van der Waals surface area contributed by atoms with Gasteiger partial charge in [-0.25, -0.2) is 0 Å². The molecule has 0 saturated carbocycles. The fourth-order valence-electron chi connectivity index (χ4n) is 3.43. The van der Waals surface area contributed by atoms with E-state index in [1.54, 1.807) is 0 Å². The number of aryl methyl sites for hydroxylation is 1. The van der Waals surface area contributed by atoms with E-state index in [1.165, 1.54) is 5.56 Å². The zero-order chi connectivity index (χ0) is 20.2. The summed E-state index contributed by atoms with van der Waals surface area (Å²) in [6.07, 6.45) is 0.978. The summed E-state index contributed by atoms with van der Waals surface area (Å²) in [4.78, 5) is 16.9. The Hall–Kier alpha value is -2.51. The number of nitrogens with zero attached hydrogens (tertiary/aromatic N) is 4. The summed E-state index contributed by atoms with van der Waals surface area (Å²) in [5.74, 6) is 1.20. The van der Waals surface area contributed by atoms with Gasteiger partial charge in [0.05, 0.1) is 12.1 Å². The van der Waals surface area contributed by atoms with E-state index in [1.807, 2.05) is 53.4 Å². The average Bonchev–Trinajstić information content (AvgIpc) is 3.22. The Labute approximate surface area is 178 Å². The lowest BCUT2D eigenvalue weighted by Crippen LogP contribution is -2.48. The minimum absolute atomic E-state index is 0.0984. The molecule has 1 aliphatic rings. The molecule has 4 rings (SSSR count). The smallest absolute Gasteiger partial charge is 0.253 e. The Bertz CT molecular complexity index is 978. The summed E-state index contributed by atoms with van der Waals surface area (Å²) in [5, 5.41) is 8.36. The van der Waals surface area contributed by atoms with Gasteiger partial charge in [0.2, 0.25) is 11.8 Å². The molecule has 0 N–H and O–H groups in total. The first-order chi connectivity index (χ1) is 14.1. The molecule has 0 radical (unpaired) electrons. The molecule has 6 nitrogen and oxygen atoms in total. The molecule has 1 aliphatic heterocycles. The Balaban J connectivity index is 1.33. The van der Waals surface area contributed by atoms with Gasteiger partial charge in [0, 0.05) is 36.2 Å². The first-order valence-corrected chi connectivity index (χ1v) is 10.6. The topological polar surface area (TPSA) is 62.5 Å². The quantitative estimate of drug-likeness (QED) is 0.582. The molecule has 0 bridgehead atoms. The summed E-state index contributed by atoms with van der Waals surface area (Å²) < 4.78 is 6.77. The van der Waals surface area contributed by atoms with Gasteiger partial charge in [-0.3, -0.25) is 9.69 Å². The molecule has 1 aromatic heterocycles. The Morgan fingerprint density at radius 1 is 1.03 bits per heavy atom. The molecule has 0 atom stereocenters. The third-order valence-electron chi connectivity index (χ3n) is 5.20. The van der Waals surface area contributed by atoms with Crippen molar-refractivity contribution in [2.75, 3.05) is 26.2 Å². The lowest BCUT2D eigenvalue weighted by atomic mass is 10.1. The van der Waals surface area contributed by atoms with E-state index in [0.29, 0.717) is 31.4 Å². The van der Waals surface area contributed by atoms with E-state index in [9.17, 15) is 4.79 Å². The van der Waals surface area contributed by atoms with E-state index >= 15 is 0 Å². The maximum absolute atomic E-state index is 12.7. The summed E-state index contributed by atoms with van der Waals surface area (Å²) >= 11 is 3.51. The number of benzene rings is 2. The highest BCUT2D eigenvalue weighted by Gasteiger charge is 2.23. The number of carbonyl (C=O) groups excluding carboxylic acids is 1. The molecular weight excluding hydrogens is 432 g/mol. The number of rotatable bonds is 5. The van der Waals surface area contributed by atoms with Crippen LogP contribution in [0.4, 0.5) is 0 Å². The summed E-state index contributed by atoms with van der Waals surface area (Å²) in [7, 11) is 0. The predicted octanol–water partition coefficient (Wildman–Crippen LogP) is 4.02. The maximum atomic E-state index is 12.7. The van der Waals surface area contributed by atoms with Gasteiger partial charge in [-0.1, -0.05) is 31.2 Å². The number of amides is 1. The number of halogens is 1. The van der Waals surface area contributed by atoms with Crippen molar-refractivity contribution in [3.8, 4) is 11.5 Å². The Kier molecular flexibility index (Phi) is 6.06. The van der Waals surface area contributed by atoms with Crippen LogP contribution in [0.15, 0.2) is 57.4 Å². The third kappa shape index (κ3) is 4.57. The van der Waals surface area contributed by atoms with Gasteiger partial charge in [-0.05, 0) is 52.2 Å². The van der Waals surface area contributed by atoms with Crippen LogP contribution in [0, 0.1) is 0 Å². The van der Waals surface area contributed by atoms with Gasteiger partial charge in [0.15, 0.2) is 0 Å². The fourth-order valence-corrected chi connectivity index (χ4v) is 3.88. The number of hydrogen-bond donors (Lipinski definition) is 0. The largest absolute Gasteiger partial charge is 0.419 e. The van der Waals surface area contributed by atoms with Crippen LogP contribution in [-0.2, 0) is 13.0 Å². The van der Waals surface area contributed by atoms with Crippen LogP contribution in [0.1, 0.15) is 28.7 Å². The van der Waals surface area contributed by atoms with E-state index in [0.717, 1.165) is 35.1 Å². The molecule has 7 heteroatoms. The number of piperazine rings is 1. The van der Waals surface area contributed by atoms with Crippen molar-refractivity contribution in [2.45, 2.75) is 19.9 Å². The van der Waals surface area contributed by atoms with Crippen molar-refractivity contribution in [3.63, 3.8) is 0 Å². The van der Waals surface area contributed by atoms with E-state index in [-0.39, 0.29) is 5.91 Å². The standard InChI is InChI=1S/C22H23BrN4O2/c1-2-16-7-9-17(10-8-16)22(28)27-13-11-26(12-14-27)15-20-24-25-21(29-20)18-5-3-4-6-19(18)23/h3-10H,2,11-15H2,1H3. The van der Waals surface area contributed by atoms with Crippen LogP contribution in [-0.4, -0.2) is 52.1 Å². The second-order valence-electron chi connectivity index (χ2n) is 7.10. The summed E-state index contributed by atoms with van der Waals surface area (Å²) in [5.41, 5.74) is 2.88. The van der Waals surface area contributed by atoms with Crippen LogP contribution in [0.3, 0.4) is 0 Å². The molecular formula is C22H23BrN4O2. The molecule has 29 heavy (non-hydrogen) atoms. The van der Waals surface area contributed by atoms with Gasteiger partial charge in [-0.15, -0.1) is 10.2 Å². The molecule has 1 amide bonds. The molecule has 0 spiro atoms. The highest BCUT2D eigenvalue weighted by atomic mass is 79.9. The molecule has 2 aromatic carbocycles. The SMILES string of the molecule is CCc1ccc(C(=O)N2CCN(Cc3nnc(-c4ccccc4Br)o3)CC2)cc1. The zero-order valence-electron chi connectivity index (χ0n) is 16.3. The lowest BCUT2D eigenvalue weighted by molar-refractivity contribution is 0.0618. The Morgan fingerprint density at radius 3 is 2.45 bits per heavy atom. The van der Waals surface area contributed by atoms with Gasteiger partial charge in [0.1, 0.15) is 0 Å². The van der Waals surface area contributed by atoms with Crippen LogP contribution in [0.25, 0.3) is 11.5 Å². The fraction of sp³-hybridized carbons (Fsp3) is 0.318. The normalized spacial score (nSPS) is 14.9. The van der Waals surface area contributed by atoms with E-state index in [2.05, 4.69) is 38.0 Å². The van der Waals surface area contributed by atoms with Crippen molar-refractivity contribution >= 4 is 21.8 Å². The van der Waals surface area contributed by atoms with Crippen molar-refractivity contribution < 1.29 is 9.21 Å². The predicted molar refractivity (Wildman–Crippen MR) is 114 cm³/mol. The van der Waals surface area contributed by atoms with E-state index in [4.69, 9.17) is 4.42 Å². The van der Waals surface area contributed by atoms with Crippen molar-refractivity contribution in [2.24, 2.45) is 0 Å². The van der Waals surface area contributed by atoms with E-state index < -0.39 is 0 Å². The first kappa shape index (κ1) is 19.8. The minimum atomic E-state index is 0.0984. The molecule has 1 fully saturated rings. The lowest BCUT2D eigenvalue weighted by Gasteiger charge is -2.34. The average molecular weight is 455 g/mol. The van der Waals surface area contributed by atoms with Crippen LogP contribution < -0.4 is 0 Å². The van der Waals surface area contributed by atoms with Gasteiger partial charge in [0.25, 0.3) is 5.91 Å². The van der Waals surface area contributed by atoms with Gasteiger partial charge < -0.3 is 9.32 Å².